The Kier molecular flexibility index (Phi) is 4.79. The van der Waals surface area contributed by atoms with Gasteiger partial charge in [-0.15, -0.1) is 0 Å². The number of benzene rings is 1. The number of aromatic nitrogens is 2. The highest BCUT2D eigenvalue weighted by molar-refractivity contribution is 6.30. The Morgan fingerprint density at radius 2 is 1.94 bits per heavy atom. The first kappa shape index (κ1) is 19.9. The van der Waals surface area contributed by atoms with E-state index in [1.54, 1.807) is 30.6 Å². The minimum Gasteiger partial charge on any atom is -0.490 e. The highest BCUT2D eigenvalue weighted by atomic mass is 35.5. The third-order valence-corrected chi connectivity index (χ3v) is 7.47. The summed E-state index contributed by atoms with van der Waals surface area (Å²) < 4.78 is 20.0. The number of nitrogens with zero attached hydrogens (tertiary/aromatic N) is 2. The van der Waals surface area contributed by atoms with Gasteiger partial charge in [0.05, 0.1) is 16.6 Å². The second kappa shape index (κ2) is 7.69. The number of carbonyl (C=O) groups is 1. The summed E-state index contributed by atoms with van der Waals surface area (Å²) in [5, 5.41) is 4.25. The van der Waals surface area contributed by atoms with Crippen LogP contribution in [0.5, 0.6) is 5.75 Å². The number of nitrogens with one attached hydrogen (secondary N) is 1. The third-order valence-electron chi connectivity index (χ3n) is 7.25. The van der Waals surface area contributed by atoms with Crippen molar-refractivity contribution in [2.75, 3.05) is 5.32 Å². The number of carbonyl (C=O) groups excluding carboxylic acids is 1. The Morgan fingerprint density at radius 1 is 1.12 bits per heavy atom. The van der Waals surface area contributed by atoms with Crippen molar-refractivity contribution in [3.05, 3.63) is 59.6 Å². The summed E-state index contributed by atoms with van der Waals surface area (Å²) in [6.07, 6.45) is 7.45. The van der Waals surface area contributed by atoms with E-state index in [0.717, 1.165) is 31.2 Å². The molecule has 3 aromatic rings. The molecule has 6 rings (SSSR count). The number of halogens is 2. The average Bonchev–Trinajstić information content (AvgIpc) is 3.69. The van der Waals surface area contributed by atoms with Crippen molar-refractivity contribution in [2.45, 2.75) is 31.8 Å². The van der Waals surface area contributed by atoms with E-state index in [1.807, 2.05) is 6.07 Å². The Hall–Kier alpha value is -2.73. The number of fused-ring (bicyclic) bond motifs is 2. The highest BCUT2D eigenvalue weighted by Gasteiger charge is 2.63. The number of amides is 1. The van der Waals surface area contributed by atoms with Gasteiger partial charge in [0.25, 0.3) is 0 Å². The molecule has 1 N–H and O–H groups in total. The van der Waals surface area contributed by atoms with Crippen molar-refractivity contribution >= 4 is 34.2 Å². The summed E-state index contributed by atoms with van der Waals surface area (Å²) in [6.45, 7) is 0. The van der Waals surface area contributed by atoms with Gasteiger partial charge in [0.2, 0.25) is 5.91 Å². The molecular weight excluding hydrogens is 429 g/mol. The number of hydrogen-bond acceptors (Lipinski definition) is 4. The van der Waals surface area contributed by atoms with Gasteiger partial charge in [0.1, 0.15) is 17.4 Å². The maximum absolute atomic E-state index is 13.7. The molecule has 1 amide bonds. The van der Waals surface area contributed by atoms with Gasteiger partial charge in [0, 0.05) is 23.7 Å². The lowest BCUT2D eigenvalue weighted by Gasteiger charge is -2.22. The summed E-state index contributed by atoms with van der Waals surface area (Å²) >= 11 is 5.90. The van der Waals surface area contributed by atoms with Gasteiger partial charge in [-0.25, -0.2) is 9.37 Å². The molecule has 32 heavy (non-hydrogen) atoms. The van der Waals surface area contributed by atoms with Crippen LogP contribution in [0.25, 0.3) is 10.9 Å². The zero-order chi connectivity index (χ0) is 21.8. The van der Waals surface area contributed by atoms with Gasteiger partial charge in [0.15, 0.2) is 0 Å². The van der Waals surface area contributed by atoms with Crippen LogP contribution in [-0.4, -0.2) is 22.0 Å². The molecule has 164 valence electrons. The largest absolute Gasteiger partial charge is 0.490 e. The Bertz CT molecular complexity index is 1170. The van der Waals surface area contributed by atoms with Crippen molar-refractivity contribution in [3.8, 4) is 5.75 Å². The van der Waals surface area contributed by atoms with Gasteiger partial charge in [-0.05, 0) is 85.8 Å². The molecular formula is C25H23ClFN3O2. The summed E-state index contributed by atoms with van der Waals surface area (Å²) in [5.74, 6) is 2.98. The van der Waals surface area contributed by atoms with Crippen LogP contribution in [0.15, 0.2) is 48.8 Å². The number of anilines is 1. The number of pyridine rings is 2. The summed E-state index contributed by atoms with van der Waals surface area (Å²) in [7, 11) is 0. The average molecular weight is 452 g/mol. The molecule has 7 heteroatoms. The molecule has 0 bridgehead atoms. The smallest absolute Gasteiger partial charge is 0.229 e. The van der Waals surface area contributed by atoms with Crippen molar-refractivity contribution in [2.24, 2.45) is 29.6 Å². The fraction of sp³-hybridized carbons (Fsp3) is 0.400. The summed E-state index contributed by atoms with van der Waals surface area (Å²) in [5.41, 5.74) is 0.728. The number of rotatable bonds is 6. The molecule has 2 heterocycles. The predicted octanol–water partition coefficient (Wildman–Crippen LogP) is 5.49. The standard InChI is InChI=1S/C25H23ClFN3O2/c26-14-3-6-22(29-12-14)30-25(31)23(13-1-2-13)24-17-10-16(11-18(17)24)32-21-7-8-28-20-5-4-15(27)9-19(20)21/h3-9,12-13,16-18,23-24H,1-2,10-11H2,(H,29,30,31). The van der Waals surface area contributed by atoms with Gasteiger partial charge in [-0.3, -0.25) is 9.78 Å². The Labute approximate surface area is 190 Å². The molecule has 3 aliphatic rings. The van der Waals surface area contributed by atoms with Crippen LogP contribution in [0.1, 0.15) is 25.7 Å². The summed E-state index contributed by atoms with van der Waals surface area (Å²) in [6, 6.07) is 9.85. The zero-order valence-corrected chi connectivity index (χ0v) is 18.1. The molecule has 2 aromatic heterocycles. The van der Waals surface area contributed by atoms with Crippen LogP contribution >= 0.6 is 11.6 Å². The lowest BCUT2D eigenvalue weighted by molar-refractivity contribution is -0.121. The van der Waals surface area contributed by atoms with Gasteiger partial charge in [-0.2, -0.15) is 0 Å². The van der Waals surface area contributed by atoms with E-state index in [9.17, 15) is 9.18 Å². The van der Waals surface area contributed by atoms with Crippen LogP contribution < -0.4 is 10.1 Å². The van der Waals surface area contributed by atoms with Gasteiger partial charge < -0.3 is 10.1 Å². The maximum Gasteiger partial charge on any atom is 0.229 e. The molecule has 3 fully saturated rings. The molecule has 0 spiro atoms. The summed E-state index contributed by atoms with van der Waals surface area (Å²) in [4.78, 5) is 21.6. The van der Waals surface area contributed by atoms with Gasteiger partial charge >= 0.3 is 0 Å². The van der Waals surface area contributed by atoms with E-state index in [2.05, 4.69) is 15.3 Å². The minimum atomic E-state index is -0.293. The van der Waals surface area contributed by atoms with E-state index in [-0.39, 0.29) is 23.7 Å². The minimum absolute atomic E-state index is 0.0410. The highest BCUT2D eigenvalue weighted by Crippen LogP contribution is 2.64. The quantitative estimate of drug-likeness (QED) is 0.538. The molecule has 3 saturated carbocycles. The Morgan fingerprint density at radius 3 is 2.66 bits per heavy atom. The van der Waals surface area contributed by atoms with E-state index >= 15 is 0 Å². The van der Waals surface area contributed by atoms with E-state index in [0.29, 0.717) is 45.6 Å². The normalized spacial score (nSPS) is 27.1. The fourth-order valence-electron chi connectivity index (χ4n) is 5.66. The molecule has 3 atom stereocenters. The topological polar surface area (TPSA) is 64.1 Å². The first-order valence-electron chi connectivity index (χ1n) is 11.2. The maximum atomic E-state index is 13.7. The first-order chi connectivity index (χ1) is 15.6. The van der Waals surface area contributed by atoms with Crippen LogP contribution in [-0.2, 0) is 4.79 Å². The number of hydrogen-bond donors (Lipinski definition) is 1. The molecule has 5 nitrogen and oxygen atoms in total. The second-order valence-corrected chi connectivity index (χ2v) is 9.74. The molecule has 0 saturated heterocycles. The van der Waals surface area contributed by atoms with Crippen molar-refractivity contribution in [1.82, 2.24) is 9.97 Å². The zero-order valence-electron chi connectivity index (χ0n) is 17.4. The van der Waals surface area contributed by atoms with Crippen molar-refractivity contribution in [1.29, 1.82) is 0 Å². The van der Waals surface area contributed by atoms with Gasteiger partial charge in [-0.1, -0.05) is 11.6 Å². The predicted molar refractivity (Wildman–Crippen MR) is 120 cm³/mol. The van der Waals surface area contributed by atoms with Crippen molar-refractivity contribution < 1.29 is 13.9 Å². The van der Waals surface area contributed by atoms with E-state index in [4.69, 9.17) is 16.3 Å². The molecule has 0 radical (unpaired) electrons. The van der Waals surface area contributed by atoms with Crippen molar-refractivity contribution in [3.63, 3.8) is 0 Å². The first-order valence-corrected chi connectivity index (χ1v) is 11.6. The molecule has 1 aromatic carbocycles. The molecule has 3 unspecified atom stereocenters. The fourth-order valence-corrected chi connectivity index (χ4v) is 5.78. The van der Waals surface area contributed by atoms with Crippen LogP contribution in [0.3, 0.4) is 0 Å². The molecule has 0 aliphatic heterocycles. The van der Waals surface area contributed by atoms with E-state index in [1.165, 1.54) is 12.1 Å². The third kappa shape index (κ3) is 3.71. The second-order valence-electron chi connectivity index (χ2n) is 9.30. The van der Waals surface area contributed by atoms with Crippen LogP contribution in [0.4, 0.5) is 10.2 Å². The molecule has 3 aliphatic carbocycles. The lowest BCUT2D eigenvalue weighted by Crippen LogP contribution is -2.29. The number of ether oxygens (including phenoxy) is 1. The SMILES string of the molecule is O=C(Nc1ccc(Cl)cn1)C(C1CC1)C1C2CC(Oc3ccnc4ccc(F)cc34)CC21. The van der Waals surface area contributed by atoms with E-state index < -0.39 is 0 Å². The van der Waals surface area contributed by atoms with Crippen LogP contribution in [0.2, 0.25) is 5.02 Å². The monoisotopic (exact) mass is 451 g/mol. The lowest BCUT2D eigenvalue weighted by atomic mass is 9.91. The van der Waals surface area contributed by atoms with Crippen LogP contribution in [0, 0.1) is 35.4 Å². The Balaban J connectivity index is 1.12.